The van der Waals surface area contributed by atoms with Crippen molar-refractivity contribution in [3.63, 3.8) is 0 Å². The summed E-state index contributed by atoms with van der Waals surface area (Å²) in [6.45, 7) is 2.30. The Morgan fingerprint density at radius 2 is 1.82 bits per heavy atom. The van der Waals surface area contributed by atoms with Crippen LogP contribution < -0.4 is 4.74 Å². The van der Waals surface area contributed by atoms with Crippen LogP contribution in [-0.2, 0) is 0 Å². The fourth-order valence-electron chi connectivity index (χ4n) is 2.12. The van der Waals surface area contributed by atoms with Crippen molar-refractivity contribution < 1.29 is 9.13 Å². The van der Waals surface area contributed by atoms with Crippen molar-refractivity contribution in [2.75, 3.05) is 12.4 Å². The molecule has 0 unspecified atom stereocenters. The number of para-hydroxylation sites is 2. The van der Waals surface area contributed by atoms with Crippen molar-refractivity contribution in [3.8, 4) is 5.75 Å². The molecular weight excluding hydrogens is 299 g/mol. The Balaban J connectivity index is 1.66. The van der Waals surface area contributed by atoms with Gasteiger partial charge >= 0.3 is 0 Å². The summed E-state index contributed by atoms with van der Waals surface area (Å²) in [6, 6.07) is 14.3. The standard InChI is InChI=1S/C17H15FN2OS/c1-12-19-15-8-4-2-6-13(15)17(20-12)22-11-10-21-16-9-5-3-7-14(16)18/h2-9H,10-11H2,1H3. The zero-order chi connectivity index (χ0) is 15.4. The highest BCUT2D eigenvalue weighted by Gasteiger charge is 2.06. The Labute approximate surface area is 132 Å². The maximum Gasteiger partial charge on any atom is 0.165 e. The molecule has 1 aromatic heterocycles. The summed E-state index contributed by atoms with van der Waals surface area (Å²) in [5, 5.41) is 1.96. The number of rotatable bonds is 5. The highest BCUT2D eigenvalue weighted by Crippen LogP contribution is 2.25. The summed E-state index contributed by atoms with van der Waals surface area (Å²) in [5.41, 5.74) is 0.938. The van der Waals surface area contributed by atoms with E-state index in [-0.39, 0.29) is 11.6 Å². The van der Waals surface area contributed by atoms with Gasteiger partial charge in [-0.05, 0) is 25.1 Å². The number of hydrogen-bond donors (Lipinski definition) is 0. The Hall–Kier alpha value is -2.14. The van der Waals surface area contributed by atoms with Crippen LogP contribution in [0.1, 0.15) is 5.82 Å². The summed E-state index contributed by atoms with van der Waals surface area (Å²) >= 11 is 1.59. The van der Waals surface area contributed by atoms with Gasteiger partial charge in [0.2, 0.25) is 0 Å². The Bertz CT molecular complexity index is 794. The predicted octanol–water partition coefficient (Wildman–Crippen LogP) is 4.25. The zero-order valence-corrected chi connectivity index (χ0v) is 12.9. The number of ether oxygens (including phenoxy) is 1. The number of aromatic nitrogens is 2. The largest absolute Gasteiger partial charge is 0.490 e. The molecule has 1 heterocycles. The number of benzene rings is 2. The minimum absolute atomic E-state index is 0.284. The average Bonchev–Trinajstić information content (AvgIpc) is 2.53. The highest BCUT2D eigenvalue weighted by atomic mass is 32.2. The fraction of sp³-hybridized carbons (Fsp3) is 0.176. The molecular formula is C17H15FN2OS. The van der Waals surface area contributed by atoms with Crippen LogP contribution in [0.5, 0.6) is 5.75 Å². The molecule has 0 aliphatic carbocycles. The van der Waals surface area contributed by atoms with E-state index in [4.69, 9.17) is 4.74 Å². The SMILES string of the molecule is Cc1nc(SCCOc2ccccc2F)c2ccccc2n1. The summed E-state index contributed by atoms with van der Waals surface area (Å²) in [6.07, 6.45) is 0. The summed E-state index contributed by atoms with van der Waals surface area (Å²) in [7, 11) is 0. The van der Waals surface area contributed by atoms with E-state index in [1.54, 1.807) is 30.0 Å². The van der Waals surface area contributed by atoms with Crippen molar-refractivity contribution in [2.24, 2.45) is 0 Å². The van der Waals surface area contributed by atoms with Crippen LogP contribution in [0.25, 0.3) is 10.9 Å². The molecule has 3 aromatic rings. The Morgan fingerprint density at radius 1 is 1.05 bits per heavy atom. The van der Waals surface area contributed by atoms with Crippen molar-refractivity contribution >= 4 is 22.7 Å². The number of aryl methyl sites for hydroxylation is 1. The smallest absolute Gasteiger partial charge is 0.165 e. The minimum atomic E-state index is -0.337. The quantitative estimate of drug-likeness (QED) is 0.401. The lowest BCUT2D eigenvalue weighted by molar-refractivity contribution is 0.325. The second-order valence-electron chi connectivity index (χ2n) is 4.72. The summed E-state index contributed by atoms with van der Waals surface area (Å²) in [5.74, 6) is 1.38. The molecule has 0 aliphatic rings. The molecule has 5 heteroatoms. The van der Waals surface area contributed by atoms with E-state index < -0.39 is 0 Å². The van der Waals surface area contributed by atoms with Gasteiger partial charge in [-0.25, -0.2) is 14.4 Å². The molecule has 3 nitrogen and oxygen atoms in total. The first kappa shape index (κ1) is 14.8. The molecule has 0 aliphatic heterocycles. The number of fused-ring (bicyclic) bond motifs is 1. The summed E-state index contributed by atoms with van der Waals surface area (Å²) in [4.78, 5) is 8.90. The molecule has 0 saturated heterocycles. The van der Waals surface area contributed by atoms with Gasteiger partial charge in [-0.1, -0.05) is 30.3 Å². The molecule has 0 saturated carbocycles. The molecule has 0 atom stereocenters. The lowest BCUT2D eigenvalue weighted by Gasteiger charge is -2.08. The Kier molecular flexibility index (Phi) is 4.53. The molecule has 22 heavy (non-hydrogen) atoms. The van der Waals surface area contributed by atoms with Gasteiger partial charge in [-0.2, -0.15) is 0 Å². The van der Waals surface area contributed by atoms with Gasteiger partial charge in [0.05, 0.1) is 12.1 Å². The van der Waals surface area contributed by atoms with Gasteiger partial charge in [0.25, 0.3) is 0 Å². The van der Waals surface area contributed by atoms with E-state index in [1.807, 2.05) is 31.2 Å². The number of nitrogens with zero attached hydrogens (tertiary/aromatic N) is 2. The molecule has 0 amide bonds. The predicted molar refractivity (Wildman–Crippen MR) is 86.9 cm³/mol. The topological polar surface area (TPSA) is 35.0 Å². The maximum absolute atomic E-state index is 13.4. The minimum Gasteiger partial charge on any atom is -0.490 e. The number of halogens is 1. The third-order valence-electron chi connectivity index (χ3n) is 3.10. The number of hydrogen-bond acceptors (Lipinski definition) is 4. The lowest BCUT2D eigenvalue weighted by atomic mass is 10.2. The van der Waals surface area contributed by atoms with Crippen LogP contribution >= 0.6 is 11.8 Å². The second-order valence-corrected chi connectivity index (χ2v) is 5.80. The fourth-order valence-corrected chi connectivity index (χ4v) is 3.01. The van der Waals surface area contributed by atoms with Crippen molar-refractivity contribution in [1.82, 2.24) is 9.97 Å². The monoisotopic (exact) mass is 314 g/mol. The molecule has 2 aromatic carbocycles. The van der Waals surface area contributed by atoms with E-state index in [2.05, 4.69) is 9.97 Å². The van der Waals surface area contributed by atoms with E-state index >= 15 is 0 Å². The van der Waals surface area contributed by atoms with E-state index in [9.17, 15) is 4.39 Å². The van der Waals surface area contributed by atoms with Crippen molar-refractivity contribution in [3.05, 3.63) is 60.2 Å². The van der Waals surface area contributed by atoms with Gasteiger partial charge in [-0.15, -0.1) is 11.8 Å². The van der Waals surface area contributed by atoms with Gasteiger partial charge in [-0.3, -0.25) is 0 Å². The van der Waals surface area contributed by atoms with Gasteiger partial charge in [0.1, 0.15) is 10.9 Å². The van der Waals surface area contributed by atoms with Crippen LogP contribution in [0.4, 0.5) is 4.39 Å². The maximum atomic E-state index is 13.4. The average molecular weight is 314 g/mol. The van der Waals surface area contributed by atoms with Gasteiger partial charge in [0, 0.05) is 11.1 Å². The van der Waals surface area contributed by atoms with Gasteiger partial charge in [0.15, 0.2) is 11.6 Å². The zero-order valence-electron chi connectivity index (χ0n) is 12.1. The van der Waals surface area contributed by atoms with E-state index in [0.29, 0.717) is 12.4 Å². The molecule has 0 N–H and O–H groups in total. The van der Waals surface area contributed by atoms with Gasteiger partial charge < -0.3 is 4.74 Å². The van der Waals surface area contributed by atoms with Crippen molar-refractivity contribution in [2.45, 2.75) is 11.9 Å². The first-order valence-corrected chi connectivity index (χ1v) is 7.96. The highest BCUT2D eigenvalue weighted by molar-refractivity contribution is 7.99. The first-order valence-electron chi connectivity index (χ1n) is 6.97. The molecule has 0 spiro atoms. The van der Waals surface area contributed by atoms with Crippen LogP contribution in [0, 0.1) is 12.7 Å². The molecule has 0 fully saturated rings. The van der Waals surface area contributed by atoms with Crippen molar-refractivity contribution in [1.29, 1.82) is 0 Å². The van der Waals surface area contributed by atoms with E-state index in [1.165, 1.54) is 6.07 Å². The Morgan fingerprint density at radius 3 is 2.68 bits per heavy atom. The van der Waals surface area contributed by atoms with E-state index in [0.717, 1.165) is 21.8 Å². The van der Waals surface area contributed by atoms with Crippen LogP contribution in [0.3, 0.4) is 0 Å². The number of thioether (sulfide) groups is 1. The summed E-state index contributed by atoms with van der Waals surface area (Å²) < 4.78 is 18.9. The first-order chi connectivity index (χ1) is 10.7. The third-order valence-corrected chi connectivity index (χ3v) is 4.05. The molecule has 3 rings (SSSR count). The third kappa shape index (κ3) is 3.36. The molecule has 0 bridgehead atoms. The van der Waals surface area contributed by atoms with Crippen LogP contribution in [0.15, 0.2) is 53.6 Å². The molecule has 112 valence electrons. The molecule has 0 radical (unpaired) electrons. The van der Waals surface area contributed by atoms with Crippen LogP contribution in [-0.4, -0.2) is 22.3 Å². The van der Waals surface area contributed by atoms with Crippen LogP contribution in [0.2, 0.25) is 0 Å². The second kappa shape index (κ2) is 6.75. The normalized spacial score (nSPS) is 10.8. The lowest BCUT2D eigenvalue weighted by Crippen LogP contribution is -2.02.